The molecule has 4 rings (SSSR count). The van der Waals surface area contributed by atoms with Gasteiger partial charge in [-0.05, 0) is 45.7 Å². The molecule has 10 nitrogen and oxygen atoms in total. The first kappa shape index (κ1) is 24.0. The number of aliphatic imine (C=N–C) groups is 1. The number of amidine groups is 1. The molecule has 34 heavy (non-hydrogen) atoms. The summed E-state index contributed by atoms with van der Waals surface area (Å²) in [4.78, 5) is 29.7. The number of rotatable bonds is 4. The maximum atomic E-state index is 15.2. The number of pyridine rings is 1. The van der Waals surface area contributed by atoms with E-state index in [2.05, 4.69) is 29.6 Å². The molecule has 182 valence electrons. The van der Waals surface area contributed by atoms with Crippen LogP contribution in [0, 0.1) is 5.82 Å². The maximum Gasteiger partial charge on any atom is 0.277 e. The molecule has 4 heterocycles. The molecule has 12 heteroatoms. The third-order valence-electron chi connectivity index (χ3n) is 6.51. The van der Waals surface area contributed by atoms with E-state index in [4.69, 9.17) is 10.5 Å². The number of carbonyl (C=O) groups excluding carboxylic acids is 1. The van der Waals surface area contributed by atoms with Crippen LogP contribution in [-0.4, -0.2) is 54.6 Å². The van der Waals surface area contributed by atoms with Gasteiger partial charge in [0.2, 0.25) is 5.88 Å². The summed E-state index contributed by atoms with van der Waals surface area (Å²) in [5.74, 6) is -0.708. The van der Waals surface area contributed by atoms with Crippen molar-refractivity contribution < 1.29 is 18.1 Å². The van der Waals surface area contributed by atoms with Crippen molar-refractivity contribution in [3.05, 3.63) is 41.7 Å². The second kappa shape index (κ2) is 8.57. The van der Waals surface area contributed by atoms with E-state index in [0.717, 1.165) is 12.8 Å². The lowest BCUT2D eigenvalue weighted by Gasteiger charge is -2.45. The summed E-state index contributed by atoms with van der Waals surface area (Å²) in [6.45, 7) is 5.68. The zero-order valence-electron chi connectivity index (χ0n) is 19.5. The summed E-state index contributed by atoms with van der Waals surface area (Å²) < 4.78 is 38.1. The van der Waals surface area contributed by atoms with Gasteiger partial charge < -0.3 is 15.8 Å². The molecule has 3 atom stereocenters. The zero-order valence-corrected chi connectivity index (χ0v) is 20.4. The highest BCUT2D eigenvalue weighted by Gasteiger charge is 2.56. The first-order valence-corrected chi connectivity index (χ1v) is 12.5. The van der Waals surface area contributed by atoms with Gasteiger partial charge >= 0.3 is 0 Å². The quantitative estimate of drug-likeness (QED) is 0.671. The first-order chi connectivity index (χ1) is 16.0. The van der Waals surface area contributed by atoms with Gasteiger partial charge in [0.1, 0.15) is 39.1 Å². The molecule has 0 aliphatic carbocycles. The van der Waals surface area contributed by atoms with Crippen LogP contribution in [0.15, 0.2) is 33.9 Å². The summed E-state index contributed by atoms with van der Waals surface area (Å²) in [5, 5.41) is 2.01. The molecule has 0 bridgehead atoms. The Morgan fingerprint density at radius 2 is 2.00 bits per heavy atom. The molecule has 2 aromatic heterocycles. The van der Waals surface area contributed by atoms with E-state index in [1.807, 2.05) is 0 Å². The Labute approximate surface area is 197 Å². The molecule has 0 unspecified atom stereocenters. The summed E-state index contributed by atoms with van der Waals surface area (Å²) in [5.41, 5.74) is 4.97. The Morgan fingerprint density at radius 1 is 1.24 bits per heavy atom. The number of amides is 1. The van der Waals surface area contributed by atoms with Crippen LogP contribution in [0.3, 0.4) is 0 Å². The van der Waals surface area contributed by atoms with Crippen LogP contribution in [0.5, 0.6) is 5.88 Å². The van der Waals surface area contributed by atoms with E-state index in [-0.39, 0.29) is 28.9 Å². The molecule has 2 aromatic rings. The molecular formula is C22H28FN7O3S. The third-order valence-corrected chi connectivity index (χ3v) is 10.2. The monoisotopic (exact) mass is 489 g/mol. The van der Waals surface area contributed by atoms with Crippen molar-refractivity contribution in [3.8, 4) is 5.88 Å². The lowest BCUT2D eigenvalue weighted by molar-refractivity contribution is 0.102. The third kappa shape index (κ3) is 3.79. The Balaban J connectivity index is 1.76. The van der Waals surface area contributed by atoms with Crippen LogP contribution in [0.25, 0.3) is 0 Å². The van der Waals surface area contributed by atoms with Crippen molar-refractivity contribution in [3.63, 3.8) is 0 Å². The van der Waals surface area contributed by atoms with Gasteiger partial charge in [0.25, 0.3) is 5.91 Å². The minimum Gasteiger partial charge on any atom is -0.480 e. The van der Waals surface area contributed by atoms with E-state index in [9.17, 15) is 9.00 Å². The van der Waals surface area contributed by atoms with Gasteiger partial charge in [0.05, 0.1) is 34.5 Å². The van der Waals surface area contributed by atoms with Crippen molar-refractivity contribution in [2.24, 2.45) is 15.1 Å². The van der Waals surface area contributed by atoms with Crippen LogP contribution in [0.1, 0.15) is 56.2 Å². The zero-order chi connectivity index (χ0) is 24.7. The molecule has 0 saturated heterocycles. The number of fused-ring (bicyclic) bond motifs is 1. The lowest BCUT2D eigenvalue weighted by Crippen LogP contribution is -2.59. The van der Waals surface area contributed by atoms with Crippen molar-refractivity contribution in [1.29, 1.82) is 0 Å². The highest BCUT2D eigenvalue weighted by Crippen LogP contribution is 2.46. The van der Waals surface area contributed by atoms with E-state index < -0.39 is 37.0 Å². The van der Waals surface area contributed by atoms with E-state index in [1.165, 1.54) is 31.6 Å². The number of hydrogen-bond donors (Lipinski definition) is 2. The fraction of sp³-hybridized carbons (Fsp3) is 0.500. The van der Waals surface area contributed by atoms with Crippen LogP contribution in [0.4, 0.5) is 10.2 Å². The number of nitrogens with zero attached hydrogens (tertiary/aromatic N) is 5. The molecular weight excluding hydrogens is 461 g/mol. The molecule has 0 aromatic carbocycles. The van der Waals surface area contributed by atoms with Gasteiger partial charge in [-0.3, -0.25) is 9.79 Å². The summed E-state index contributed by atoms with van der Waals surface area (Å²) in [6.07, 6.45) is 4.68. The first-order valence-electron chi connectivity index (χ1n) is 10.9. The summed E-state index contributed by atoms with van der Waals surface area (Å²) >= 11 is 0. The van der Waals surface area contributed by atoms with E-state index in [0.29, 0.717) is 13.0 Å². The SMILES string of the molecule is COc1cnc(C(=O)Nc2ccc(F)c([C@@]3(C)N=C(N)C(C)(C)[S@@]4(=O)=NCCCC[C@@H]34)n2)cn1. The predicted molar refractivity (Wildman–Crippen MR) is 127 cm³/mol. The number of nitrogens with two attached hydrogens (primary N) is 1. The molecule has 0 saturated carbocycles. The van der Waals surface area contributed by atoms with Crippen LogP contribution < -0.4 is 15.8 Å². The predicted octanol–water partition coefficient (Wildman–Crippen LogP) is 2.66. The highest BCUT2D eigenvalue weighted by molar-refractivity contribution is 7.96. The standard InChI is InChI=1S/C22H28FN7O3S/c1-21(2)20(24)30-22(3,15-7-5-6-10-27-34(15,21)32)18-13(23)8-9-16(28-18)29-19(31)14-11-26-17(33-4)12-25-14/h8-9,11-12,15H,5-7,10H2,1-4H3,(H2,24,30)(H,28,29,31)/t15-,22-,34+/m0/s1. The largest absolute Gasteiger partial charge is 0.480 e. The molecule has 3 N–H and O–H groups in total. The average Bonchev–Trinajstić information content (AvgIpc) is 3.02. The second-order valence-corrected chi connectivity index (χ2v) is 12.0. The number of anilines is 1. The van der Waals surface area contributed by atoms with Gasteiger partial charge in [-0.15, -0.1) is 0 Å². The van der Waals surface area contributed by atoms with E-state index >= 15 is 4.39 Å². The summed E-state index contributed by atoms with van der Waals surface area (Å²) in [6, 6.07) is 2.54. The lowest BCUT2D eigenvalue weighted by atomic mass is 9.88. The van der Waals surface area contributed by atoms with Crippen LogP contribution in [-0.2, 0) is 15.3 Å². The highest BCUT2D eigenvalue weighted by atomic mass is 32.2. The number of hydrogen-bond acceptors (Lipinski definition) is 9. The Hall–Kier alpha value is -3.15. The Morgan fingerprint density at radius 3 is 2.68 bits per heavy atom. The van der Waals surface area contributed by atoms with Gasteiger partial charge in [0.15, 0.2) is 0 Å². The van der Waals surface area contributed by atoms with E-state index in [1.54, 1.807) is 20.8 Å². The number of halogens is 1. The second-order valence-electron chi connectivity index (χ2n) is 8.99. The molecule has 0 spiro atoms. The van der Waals surface area contributed by atoms with Crippen LogP contribution in [0.2, 0.25) is 0 Å². The molecule has 0 radical (unpaired) electrons. The van der Waals surface area contributed by atoms with Crippen molar-refractivity contribution in [2.45, 2.75) is 55.6 Å². The van der Waals surface area contributed by atoms with Crippen LogP contribution >= 0.6 is 0 Å². The molecule has 0 fully saturated rings. The van der Waals surface area contributed by atoms with Crippen molar-refractivity contribution in [1.82, 2.24) is 15.0 Å². The molecule has 2 aliphatic heterocycles. The average molecular weight is 490 g/mol. The minimum atomic E-state index is -2.91. The van der Waals surface area contributed by atoms with Crippen molar-refractivity contribution >= 4 is 27.3 Å². The minimum absolute atomic E-state index is 0.0342. The van der Waals surface area contributed by atoms with Gasteiger partial charge in [0, 0.05) is 6.54 Å². The Bertz CT molecular complexity index is 1270. The summed E-state index contributed by atoms with van der Waals surface area (Å²) in [7, 11) is -1.47. The number of aromatic nitrogens is 3. The number of methoxy groups -OCH3 is 1. The van der Waals surface area contributed by atoms with Gasteiger partial charge in [-0.25, -0.2) is 27.9 Å². The molecule has 2 aliphatic rings. The van der Waals surface area contributed by atoms with Crippen molar-refractivity contribution in [2.75, 3.05) is 19.0 Å². The fourth-order valence-corrected chi connectivity index (χ4v) is 7.63. The number of ether oxygens (including phenoxy) is 1. The molecule has 1 amide bonds. The maximum absolute atomic E-state index is 15.2. The number of nitrogens with one attached hydrogen (secondary N) is 1. The topological polar surface area (TPSA) is 145 Å². The number of carbonyl (C=O) groups is 1. The smallest absolute Gasteiger partial charge is 0.277 e. The van der Waals surface area contributed by atoms with Gasteiger partial charge in [-0.1, -0.05) is 6.42 Å². The Kier molecular flexibility index (Phi) is 6.05. The normalized spacial score (nSPS) is 28.0. The van der Waals surface area contributed by atoms with Gasteiger partial charge in [-0.2, -0.15) is 0 Å². The fourth-order valence-electron chi connectivity index (χ4n) is 4.40.